The molecule has 0 amide bonds. The van der Waals surface area contributed by atoms with E-state index in [-0.39, 0.29) is 5.60 Å². The third-order valence-corrected chi connectivity index (χ3v) is 11.2. The summed E-state index contributed by atoms with van der Waals surface area (Å²) in [6, 6.07) is 0. The molecule has 3 heteroatoms. The minimum atomic E-state index is -1.64. The van der Waals surface area contributed by atoms with E-state index in [0.717, 1.165) is 6.61 Å². The Labute approximate surface area is 137 Å². The maximum atomic E-state index is 6.64. The van der Waals surface area contributed by atoms with E-state index in [1.807, 2.05) is 0 Å². The number of hydrogen-bond donors (Lipinski definition) is 0. The van der Waals surface area contributed by atoms with Crippen molar-refractivity contribution in [2.75, 3.05) is 6.61 Å². The van der Waals surface area contributed by atoms with Crippen molar-refractivity contribution in [3.8, 4) is 0 Å². The highest BCUT2D eigenvalue weighted by Crippen LogP contribution is 2.50. The van der Waals surface area contributed by atoms with Crippen molar-refractivity contribution >= 4 is 8.32 Å². The minimum Gasteiger partial charge on any atom is -0.416 e. The first-order valence-electron chi connectivity index (χ1n) is 9.25. The van der Waals surface area contributed by atoms with Crippen LogP contribution >= 0.6 is 0 Å². The summed E-state index contributed by atoms with van der Waals surface area (Å²) < 4.78 is 13.2. The zero-order valence-electron chi connectivity index (χ0n) is 15.2. The van der Waals surface area contributed by atoms with E-state index in [1.165, 1.54) is 44.9 Å². The maximum absolute atomic E-state index is 6.64. The van der Waals surface area contributed by atoms with Gasteiger partial charge in [-0.25, -0.2) is 0 Å². The van der Waals surface area contributed by atoms with Crippen molar-refractivity contribution < 1.29 is 9.16 Å². The van der Waals surface area contributed by atoms with Gasteiger partial charge in [-0.05, 0) is 68.7 Å². The van der Waals surface area contributed by atoms with E-state index >= 15 is 0 Å². The third kappa shape index (κ3) is 2.96. The molecule has 0 N–H and O–H groups in total. The molecule has 2 saturated heterocycles. The van der Waals surface area contributed by atoms with Gasteiger partial charge in [-0.2, -0.15) is 0 Å². The minimum absolute atomic E-state index is 0.134. The second-order valence-corrected chi connectivity index (χ2v) is 14.0. The number of ether oxygens (including phenoxy) is 1. The zero-order valence-corrected chi connectivity index (χ0v) is 16.2. The smallest absolute Gasteiger partial charge is 0.191 e. The van der Waals surface area contributed by atoms with E-state index < -0.39 is 8.32 Å². The molecule has 3 atom stereocenters. The van der Waals surface area contributed by atoms with Crippen molar-refractivity contribution in [3.05, 3.63) is 11.6 Å². The van der Waals surface area contributed by atoms with Gasteiger partial charge >= 0.3 is 0 Å². The molecule has 0 radical (unpaired) electrons. The van der Waals surface area contributed by atoms with Gasteiger partial charge in [-0.1, -0.05) is 26.8 Å². The highest BCUT2D eigenvalue weighted by Gasteiger charge is 2.48. The topological polar surface area (TPSA) is 18.5 Å². The summed E-state index contributed by atoms with van der Waals surface area (Å²) in [5.41, 5.74) is 1.75. The molecule has 2 fully saturated rings. The fraction of sp³-hybridized carbons (Fsp3) is 0.895. The van der Waals surface area contributed by atoms with E-state index in [2.05, 4.69) is 39.9 Å². The molecule has 1 spiro atoms. The highest BCUT2D eigenvalue weighted by molar-refractivity contribution is 6.74. The van der Waals surface area contributed by atoms with Crippen molar-refractivity contribution in [1.29, 1.82) is 0 Å². The Kier molecular flexibility index (Phi) is 4.37. The van der Waals surface area contributed by atoms with Gasteiger partial charge in [0, 0.05) is 12.5 Å². The Morgan fingerprint density at radius 1 is 1.27 bits per heavy atom. The van der Waals surface area contributed by atoms with Crippen molar-refractivity contribution in [3.63, 3.8) is 0 Å². The van der Waals surface area contributed by atoms with Crippen LogP contribution in [0.25, 0.3) is 0 Å². The van der Waals surface area contributed by atoms with Crippen LogP contribution in [0, 0.1) is 5.92 Å². The third-order valence-electron chi connectivity index (χ3n) is 6.75. The van der Waals surface area contributed by atoms with Crippen LogP contribution in [0.1, 0.15) is 65.7 Å². The highest BCUT2D eigenvalue weighted by atomic mass is 28.4. The predicted octanol–water partition coefficient (Wildman–Crippen LogP) is 5.45. The molecule has 0 saturated carbocycles. The predicted molar refractivity (Wildman–Crippen MR) is 94.6 cm³/mol. The second-order valence-electron chi connectivity index (χ2n) is 9.18. The molecule has 0 unspecified atom stereocenters. The van der Waals surface area contributed by atoms with E-state index in [1.54, 1.807) is 5.57 Å². The molecule has 0 aromatic heterocycles. The Morgan fingerprint density at radius 3 is 2.77 bits per heavy atom. The number of allylic oxidation sites excluding steroid dienone is 1. The van der Waals surface area contributed by atoms with Gasteiger partial charge in [-0.3, -0.25) is 0 Å². The van der Waals surface area contributed by atoms with Crippen molar-refractivity contribution in [2.24, 2.45) is 5.92 Å². The summed E-state index contributed by atoms with van der Waals surface area (Å²) in [5, 5.41) is 0.298. The van der Waals surface area contributed by atoms with E-state index in [0.29, 0.717) is 17.1 Å². The molecule has 22 heavy (non-hydrogen) atoms. The first-order valence-corrected chi connectivity index (χ1v) is 12.2. The summed E-state index contributed by atoms with van der Waals surface area (Å²) in [6.45, 7) is 12.6. The molecule has 2 bridgehead atoms. The molecular formula is C19H34O2Si. The number of fused-ring (bicyclic) bond motifs is 1. The second kappa shape index (κ2) is 5.75. The lowest BCUT2D eigenvalue weighted by Crippen LogP contribution is -2.43. The average Bonchev–Trinajstić information content (AvgIpc) is 2.76. The average molecular weight is 323 g/mol. The summed E-state index contributed by atoms with van der Waals surface area (Å²) in [5.74, 6) is 0.597. The van der Waals surface area contributed by atoms with Crippen LogP contribution < -0.4 is 0 Å². The van der Waals surface area contributed by atoms with Crippen LogP contribution in [0.2, 0.25) is 18.1 Å². The fourth-order valence-electron chi connectivity index (χ4n) is 4.12. The van der Waals surface area contributed by atoms with E-state index in [4.69, 9.17) is 9.16 Å². The van der Waals surface area contributed by atoms with Gasteiger partial charge < -0.3 is 9.16 Å². The Balaban J connectivity index is 1.67. The molecular weight excluding hydrogens is 288 g/mol. The number of rotatable bonds is 3. The molecule has 3 rings (SSSR count). The molecule has 3 aliphatic rings. The van der Waals surface area contributed by atoms with Crippen LogP contribution in [0.5, 0.6) is 0 Å². The summed E-state index contributed by atoms with van der Waals surface area (Å²) >= 11 is 0. The van der Waals surface area contributed by atoms with Gasteiger partial charge in [-0.15, -0.1) is 0 Å². The van der Waals surface area contributed by atoms with E-state index in [9.17, 15) is 0 Å². The first kappa shape index (κ1) is 16.7. The fourth-order valence-corrected chi connectivity index (χ4v) is 5.19. The lowest BCUT2D eigenvalue weighted by molar-refractivity contribution is -0.0464. The Bertz CT molecular complexity index is 449. The maximum Gasteiger partial charge on any atom is 0.191 e. The van der Waals surface area contributed by atoms with Crippen LogP contribution in [0.15, 0.2) is 11.6 Å². The van der Waals surface area contributed by atoms with Gasteiger partial charge in [0.15, 0.2) is 8.32 Å². The van der Waals surface area contributed by atoms with Gasteiger partial charge in [0.25, 0.3) is 0 Å². The van der Waals surface area contributed by atoms with Crippen LogP contribution in [0.3, 0.4) is 0 Å². The van der Waals surface area contributed by atoms with Crippen LogP contribution in [-0.2, 0) is 9.16 Å². The molecule has 0 aromatic rings. The monoisotopic (exact) mass is 322 g/mol. The van der Waals surface area contributed by atoms with Crippen LogP contribution in [-0.4, -0.2) is 26.6 Å². The zero-order chi connectivity index (χ0) is 16.0. The quantitative estimate of drug-likeness (QED) is 0.508. The lowest BCUT2D eigenvalue weighted by Gasteiger charge is -2.38. The molecule has 2 heterocycles. The van der Waals surface area contributed by atoms with Crippen molar-refractivity contribution in [2.45, 2.75) is 95.6 Å². The SMILES string of the molecule is CC(C)(C)[Si](C)(C)OC[C@@H]1CCC2=CCCC[C@]23CC[C@@H]1O3. The largest absolute Gasteiger partial charge is 0.416 e. The Hall–Kier alpha value is -0.123. The van der Waals surface area contributed by atoms with Crippen LogP contribution in [0.4, 0.5) is 0 Å². The molecule has 2 nitrogen and oxygen atoms in total. The Morgan fingerprint density at radius 2 is 2.05 bits per heavy atom. The summed E-state index contributed by atoms with van der Waals surface area (Å²) in [6.07, 6.45) is 11.7. The summed E-state index contributed by atoms with van der Waals surface area (Å²) in [4.78, 5) is 0. The van der Waals surface area contributed by atoms with Gasteiger partial charge in [0.1, 0.15) is 0 Å². The molecule has 0 aromatic carbocycles. The summed E-state index contributed by atoms with van der Waals surface area (Å²) in [7, 11) is -1.64. The normalized spacial score (nSPS) is 35.8. The first-order chi connectivity index (χ1) is 10.2. The number of hydrogen-bond acceptors (Lipinski definition) is 2. The standard InChI is InChI=1S/C19H34O2Si/c1-18(2,3)22(4,5)20-14-15-9-10-16-8-6-7-12-19(16)13-11-17(15)21-19/h8,15,17H,6-7,9-14H2,1-5H3/t15-,17-,19-/m0/s1. The molecule has 1 aliphatic carbocycles. The van der Waals surface area contributed by atoms with Gasteiger partial charge in [0.2, 0.25) is 0 Å². The lowest BCUT2D eigenvalue weighted by atomic mass is 9.76. The molecule has 2 aliphatic heterocycles. The molecule has 126 valence electrons. The van der Waals surface area contributed by atoms with Crippen molar-refractivity contribution in [1.82, 2.24) is 0 Å². The van der Waals surface area contributed by atoms with Gasteiger partial charge in [0.05, 0.1) is 11.7 Å².